The normalized spacial score (nSPS) is 16.9. The van der Waals surface area contributed by atoms with E-state index in [1.807, 2.05) is 0 Å². The van der Waals surface area contributed by atoms with E-state index in [2.05, 4.69) is 10.4 Å². The summed E-state index contributed by atoms with van der Waals surface area (Å²) in [6, 6.07) is 7.63. The number of benzene rings is 1. The zero-order valence-corrected chi connectivity index (χ0v) is 17.7. The van der Waals surface area contributed by atoms with Gasteiger partial charge in [-0.25, -0.2) is 13.1 Å². The van der Waals surface area contributed by atoms with E-state index in [9.17, 15) is 18.0 Å². The fourth-order valence-electron chi connectivity index (χ4n) is 4.01. The summed E-state index contributed by atoms with van der Waals surface area (Å²) in [5.74, 6) is -0.314. The number of hydrogen-bond donors (Lipinski definition) is 1. The third kappa shape index (κ3) is 4.32. The van der Waals surface area contributed by atoms with E-state index in [-0.39, 0.29) is 22.9 Å². The van der Waals surface area contributed by atoms with Crippen LogP contribution in [0.15, 0.2) is 40.0 Å². The van der Waals surface area contributed by atoms with Crippen LogP contribution >= 0.6 is 0 Å². The van der Waals surface area contributed by atoms with Crippen LogP contribution in [-0.2, 0) is 29.4 Å². The molecule has 0 radical (unpaired) electrons. The number of carbonyl (C=O) groups excluding carboxylic acids is 1. The Balaban J connectivity index is 1.36. The van der Waals surface area contributed by atoms with E-state index in [1.165, 1.54) is 33.3 Å². The Labute approximate surface area is 176 Å². The standard InChI is InChI=1S/C21H26N4O4S/c26-20-15-17-5-4-6-19(17)23-25(20)14-11-22-21(27)16-7-9-18(10-8-16)30(28,29)24-12-2-1-3-13-24/h7-10,15H,1-6,11-14H2,(H,22,27). The van der Waals surface area contributed by atoms with Crippen LogP contribution < -0.4 is 10.9 Å². The number of aryl methyl sites for hydroxylation is 2. The molecule has 9 heteroatoms. The van der Waals surface area contributed by atoms with Crippen molar-refractivity contribution in [3.63, 3.8) is 0 Å². The van der Waals surface area contributed by atoms with Gasteiger partial charge in [0.15, 0.2) is 0 Å². The van der Waals surface area contributed by atoms with Crippen molar-refractivity contribution in [2.45, 2.75) is 50.0 Å². The predicted octanol–water partition coefficient (Wildman–Crippen LogP) is 1.34. The lowest BCUT2D eigenvalue weighted by Crippen LogP contribution is -2.35. The summed E-state index contributed by atoms with van der Waals surface area (Å²) in [6.07, 6.45) is 5.61. The van der Waals surface area contributed by atoms with E-state index < -0.39 is 10.0 Å². The third-order valence-corrected chi connectivity index (χ3v) is 7.62. The molecule has 2 heterocycles. The predicted molar refractivity (Wildman–Crippen MR) is 112 cm³/mol. The van der Waals surface area contributed by atoms with Crippen molar-refractivity contribution in [3.05, 3.63) is 57.5 Å². The fraction of sp³-hybridized carbons (Fsp3) is 0.476. The minimum absolute atomic E-state index is 0.155. The molecule has 0 atom stereocenters. The van der Waals surface area contributed by atoms with E-state index in [0.29, 0.717) is 25.2 Å². The topological polar surface area (TPSA) is 101 Å². The first kappa shape index (κ1) is 20.7. The highest BCUT2D eigenvalue weighted by molar-refractivity contribution is 7.89. The highest BCUT2D eigenvalue weighted by atomic mass is 32.2. The number of fused-ring (bicyclic) bond motifs is 1. The summed E-state index contributed by atoms with van der Waals surface area (Å²) in [4.78, 5) is 24.7. The van der Waals surface area contributed by atoms with E-state index in [0.717, 1.165) is 49.8 Å². The van der Waals surface area contributed by atoms with Crippen LogP contribution in [0.5, 0.6) is 0 Å². The quantitative estimate of drug-likeness (QED) is 0.745. The average molecular weight is 431 g/mol. The van der Waals surface area contributed by atoms with Crippen molar-refractivity contribution >= 4 is 15.9 Å². The second-order valence-corrected chi connectivity index (χ2v) is 9.71. The molecule has 4 rings (SSSR count). The Morgan fingerprint density at radius 3 is 2.50 bits per heavy atom. The Bertz CT molecular complexity index is 1090. The van der Waals surface area contributed by atoms with Gasteiger partial charge in [0.1, 0.15) is 0 Å². The molecule has 1 amide bonds. The Kier molecular flexibility index (Phi) is 6.01. The van der Waals surface area contributed by atoms with Crippen molar-refractivity contribution in [1.82, 2.24) is 19.4 Å². The lowest BCUT2D eigenvalue weighted by atomic mass is 10.2. The number of hydrogen-bond acceptors (Lipinski definition) is 5. The number of rotatable bonds is 6. The first-order valence-electron chi connectivity index (χ1n) is 10.4. The molecule has 1 aliphatic heterocycles. The van der Waals surface area contributed by atoms with Gasteiger partial charge in [-0.2, -0.15) is 9.40 Å². The lowest BCUT2D eigenvalue weighted by molar-refractivity contribution is 0.0951. The van der Waals surface area contributed by atoms with Crippen molar-refractivity contribution in [1.29, 1.82) is 0 Å². The molecule has 0 saturated carbocycles. The second-order valence-electron chi connectivity index (χ2n) is 7.78. The average Bonchev–Trinajstić information content (AvgIpc) is 3.21. The van der Waals surface area contributed by atoms with Gasteiger partial charge < -0.3 is 5.32 Å². The fourth-order valence-corrected chi connectivity index (χ4v) is 5.53. The van der Waals surface area contributed by atoms with Crippen molar-refractivity contribution in [2.24, 2.45) is 0 Å². The van der Waals surface area contributed by atoms with Gasteiger partial charge in [-0.3, -0.25) is 9.59 Å². The summed E-state index contributed by atoms with van der Waals surface area (Å²) < 4.78 is 28.3. The lowest BCUT2D eigenvalue weighted by Gasteiger charge is -2.25. The summed E-state index contributed by atoms with van der Waals surface area (Å²) in [5.41, 5.74) is 2.21. The Morgan fingerprint density at radius 1 is 1.03 bits per heavy atom. The number of aromatic nitrogens is 2. The van der Waals surface area contributed by atoms with E-state index >= 15 is 0 Å². The monoisotopic (exact) mass is 430 g/mol. The van der Waals surface area contributed by atoms with E-state index in [1.54, 1.807) is 6.07 Å². The third-order valence-electron chi connectivity index (χ3n) is 5.70. The molecule has 30 heavy (non-hydrogen) atoms. The molecule has 0 bridgehead atoms. The first-order valence-corrected chi connectivity index (χ1v) is 11.9. The van der Waals surface area contributed by atoms with Crippen molar-refractivity contribution in [2.75, 3.05) is 19.6 Å². The molecule has 1 aliphatic carbocycles. The van der Waals surface area contributed by atoms with Crippen LogP contribution in [0.3, 0.4) is 0 Å². The first-order chi connectivity index (χ1) is 14.4. The van der Waals surface area contributed by atoms with Gasteiger partial charge in [-0.15, -0.1) is 0 Å². The minimum atomic E-state index is -3.51. The van der Waals surface area contributed by atoms with E-state index in [4.69, 9.17) is 0 Å². The molecule has 0 spiro atoms. The second kappa shape index (κ2) is 8.69. The summed E-state index contributed by atoms with van der Waals surface area (Å²) in [6.45, 7) is 1.64. The van der Waals surface area contributed by atoms with Crippen LogP contribution in [0, 0.1) is 0 Å². The van der Waals surface area contributed by atoms with Crippen LogP contribution in [0.4, 0.5) is 0 Å². The Morgan fingerprint density at radius 2 is 1.77 bits per heavy atom. The van der Waals surface area contributed by atoms with Gasteiger partial charge in [-0.1, -0.05) is 6.42 Å². The van der Waals surface area contributed by atoms with Crippen LogP contribution in [0.25, 0.3) is 0 Å². The number of nitrogens with one attached hydrogen (secondary N) is 1. The van der Waals surface area contributed by atoms with Crippen LogP contribution in [0.2, 0.25) is 0 Å². The highest BCUT2D eigenvalue weighted by Gasteiger charge is 2.26. The Hall–Kier alpha value is -2.52. The number of amides is 1. The maximum atomic E-state index is 12.7. The molecule has 1 aromatic heterocycles. The minimum Gasteiger partial charge on any atom is -0.350 e. The molecule has 0 unspecified atom stereocenters. The molecule has 2 aromatic rings. The molecular formula is C21H26N4O4S. The number of nitrogens with zero attached hydrogens (tertiary/aromatic N) is 3. The largest absolute Gasteiger partial charge is 0.350 e. The molecule has 2 aliphatic rings. The van der Waals surface area contributed by atoms with Gasteiger partial charge in [0.05, 0.1) is 17.1 Å². The molecule has 1 saturated heterocycles. The molecule has 1 N–H and O–H groups in total. The number of piperidine rings is 1. The van der Waals surface area contributed by atoms with Gasteiger partial charge >= 0.3 is 0 Å². The van der Waals surface area contributed by atoms with Crippen LogP contribution in [-0.4, -0.2) is 48.0 Å². The summed E-state index contributed by atoms with van der Waals surface area (Å²) in [7, 11) is -3.51. The summed E-state index contributed by atoms with van der Waals surface area (Å²) in [5, 5.41) is 7.15. The smallest absolute Gasteiger partial charge is 0.267 e. The molecule has 8 nitrogen and oxygen atoms in total. The highest BCUT2D eigenvalue weighted by Crippen LogP contribution is 2.21. The van der Waals surface area contributed by atoms with Crippen molar-refractivity contribution < 1.29 is 13.2 Å². The SMILES string of the molecule is O=C(NCCn1nc2c(cc1=O)CCC2)c1ccc(S(=O)(=O)N2CCCCC2)cc1. The van der Waals surface area contributed by atoms with Gasteiger partial charge in [-0.05, 0) is 61.9 Å². The molecule has 160 valence electrons. The number of sulfonamides is 1. The molecule has 1 aromatic carbocycles. The summed E-state index contributed by atoms with van der Waals surface area (Å²) >= 11 is 0. The van der Waals surface area contributed by atoms with Gasteiger partial charge in [0.2, 0.25) is 10.0 Å². The molecular weight excluding hydrogens is 404 g/mol. The maximum Gasteiger partial charge on any atom is 0.267 e. The van der Waals surface area contributed by atoms with Gasteiger partial charge in [0, 0.05) is 31.3 Å². The van der Waals surface area contributed by atoms with Crippen LogP contribution in [0.1, 0.15) is 47.3 Å². The zero-order valence-electron chi connectivity index (χ0n) is 16.8. The zero-order chi connectivity index (χ0) is 21.1. The molecule has 1 fully saturated rings. The maximum absolute atomic E-state index is 12.7. The van der Waals surface area contributed by atoms with Crippen molar-refractivity contribution in [3.8, 4) is 0 Å². The van der Waals surface area contributed by atoms with Gasteiger partial charge in [0.25, 0.3) is 11.5 Å². The number of carbonyl (C=O) groups is 1.